The second kappa shape index (κ2) is 12.5. The molecule has 0 aliphatic heterocycles. The van der Waals surface area contributed by atoms with E-state index in [1.165, 1.54) is 49.4 Å². The summed E-state index contributed by atoms with van der Waals surface area (Å²) in [5.41, 5.74) is 12.0. The number of hydrogen-bond donors (Lipinski definition) is 0. The monoisotopic (exact) mass is 663 g/mol. The summed E-state index contributed by atoms with van der Waals surface area (Å²) >= 11 is 0. The number of fused-ring (bicyclic) bond motifs is 6. The van der Waals surface area contributed by atoms with E-state index in [1.807, 2.05) is 0 Å². The van der Waals surface area contributed by atoms with Gasteiger partial charge in [0.1, 0.15) is 5.58 Å². The maximum Gasteiger partial charge on any atom is 0.159 e. The van der Waals surface area contributed by atoms with Crippen LogP contribution in [-0.2, 0) is 0 Å². The number of nitrogens with zero attached hydrogens (tertiary/aromatic N) is 1. The summed E-state index contributed by atoms with van der Waals surface area (Å²) in [6.45, 7) is 0. The van der Waals surface area contributed by atoms with Gasteiger partial charge in [-0.1, -0.05) is 170 Å². The molecule has 0 aliphatic carbocycles. The Balaban J connectivity index is 1.25. The molecule has 0 atom stereocenters. The number of hydrogen-bond acceptors (Lipinski definition) is 2. The summed E-state index contributed by atoms with van der Waals surface area (Å²) < 4.78 is 6.86. The molecule has 0 radical (unpaired) electrons. The van der Waals surface area contributed by atoms with E-state index >= 15 is 0 Å². The Kier molecular flexibility index (Phi) is 7.18. The Morgan fingerprint density at radius 1 is 0.327 bits per heavy atom. The first-order valence-electron chi connectivity index (χ1n) is 17.8. The highest BCUT2D eigenvalue weighted by Crippen LogP contribution is 2.48. The van der Waals surface area contributed by atoms with Crippen LogP contribution in [0.25, 0.3) is 76.9 Å². The van der Waals surface area contributed by atoms with Gasteiger partial charge in [-0.3, -0.25) is 0 Å². The number of para-hydroxylation sites is 2. The molecule has 1 aromatic heterocycles. The molecule has 0 N–H and O–H groups in total. The first-order chi connectivity index (χ1) is 25.8. The second-order valence-electron chi connectivity index (χ2n) is 13.3. The van der Waals surface area contributed by atoms with Crippen LogP contribution in [0.2, 0.25) is 0 Å². The van der Waals surface area contributed by atoms with Crippen molar-refractivity contribution in [2.45, 2.75) is 0 Å². The largest absolute Gasteiger partial charge is 0.454 e. The van der Waals surface area contributed by atoms with E-state index in [1.54, 1.807) is 0 Å². The molecule has 2 nitrogen and oxygen atoms in total. The van der Waals surface area contributed by atoms with Crippen LogP contribution >= 0.6 is 0 Å². The Morgan fingerprint density at radius 2 is 0.904 bits per heavy atom. The SMILES string of the molecule is c1ccc(-c2ccc(N(c3ccccc3-c3cccc4cccc(-c5ccccc5)c34)c3cccc4c3oc3ccc5ccccc5c34)cc2)cc1. The van der Waals surface area contributed by atoms with Crippen molar-refractivity contribution in [3.63, 3.8) is 0 Å². The third-order valence-electron chi connectivity index (χ3n) is 10.3. The van der Waals surface area contributed by atoms with Crippen LogP contribution in [0.5, 0.6) is 0 Å². The van der Waals surface area contributed by atoms with Crippen molar-refractivity contribution >= 4 is 60.5 Å². The van der Waals surface area contributed by atoms with Crippen LogP contribution in [0.1, 0.15) is 0 Å². The zero-order chi connectivity index (χ0) is 34.4. The van der Waals surface area contributed by atoms with Crippen molar-refractivity contribution in [2.24, 2.45) is 0 Å². The molecule has 0 spiro atoms. The van der Waals surface area contributed by atoms with Crippen LogP contribution < -0.4 is 4.90 Å². The Morgan fingerprint density at radius 3 is 1.71 bits per heavy atom. The predicted octanol–water partition coefficient (Wildman–Crippen LogP) is 14.4. The molecule has 0 saturated heterocycles. The zero-order valence-corrected chi connectivity index (χ0v) is 28.4. The maximum atomic E-state index is 6.86. The van der Waals surface area contributed by atoms with Gasteiger partial charge >= 0.3 is 0 Å². The first-order valence-corrected chi connectivity index (χ1v) is 17.8. The number of anilines is 3. The lowest BCUT2D eigenvalue weighted by molar-refractivity contribution is 0.669. The third kappa shape index (κ3) is 4.96. The van der Waals surface area contributed by atoms with Gasteiger partial charge in [0.05, 0.1) is 11.4 Å². The van der Waals surface area contributed by atoms with Crippen molar-refractivity contribution in [2.75, 3.05) is 4.90 Å². The average Bonchev–Trinajstić information content (AvgIpc) is 3.62. The van der Waals surface area contributed by atoms with E-state index in [2.05, 4.69) is 205 Å². The minimum atomic E-state index is 0.860. The van der Waals surface area contributed by atoms with Crippen molar-refractivity contribution in [3.05, 3.63) is 200 Å². The summed E-state index contributed by atoms with van der Waals surface area (Å²) in [5, 5.41) is 7.08. The van der Waals surface area contributed by atoms with Gasteiger partial charge in [-0.25, -0.2) is 0 Å². The van der Waals surface area contributed by atoms with Crippen LogP contribution in [0.15, 0.2) is 205 Å². The van der Waals surface area contributed by atoms with Crippen molar-refractivity contribution in [3.8, 4) is 33.4 Å². The molecule has 10 rings (SSSR count). The van der Waals surface area contributed by atoms with Crippen molar-refractivity contribution in [1.82, 2.24) is 0 Å². The normalized spacial score (nSPS) is 11.5. The van der Waals surface area contributed by atoms with E-state index in [0.717, 1.165) is 44.6 Å². The molecule has 244 valence electrons. The second-order valence-corrected chi connectivity index (χ2v) is 13.3. The molecule has 10 aromatic rings. The summed E-state index contributed by atoms with van der Waals surface area (Å²) in [6, 6.07) is 71.6. The minimum Gasteiger partial charge on any atom is -0.454 e. The third-order valence-corrected chi connectivity index (χ3v) is 10.3. The topological polar surface area (TPSA) is 16.4 Å². The van der Waals surface area contributed by atoms with Crippen molar-refractivity contribution in [1.29, 1.82) is 0 Å². The fourth-order valence-electron chi connectivity index (χ4n) is 7.89. The van der Waals surface area contributed by atoms with Gasteiger partial charge in [-0.2, -0.15) is 0 Å². The lowest BCUT2D eigenvalue weighted by Crippen LogP contribution is -2.11. The Labute approximate surface area is 302 Å². The first kappa shape index (κ1) is 30.0. The zero-order valence-electron chi connectivity index (χ0n) is 28.4. The molecule has 0 amide bonds. The smallest absolute Gasteiger partial charge is 0.159 e. The standard InChI is InChI=1S/C50H33NO/c1-3-14-34(15-4-1)35-28-31-39(32-29-35)51(46-27-13-25-44-49-41-21-8-7-18-37(41)30-33-47(49)52-50(44)46)45-26-10-9-22-42(45)43-24-12-20-38-19-11-23-40(48(38)43)36-16-5-2-6-17-36/h1-33H. The highest BCUT2D eigenvalue weighted by molar-refractivity contribution is 6.21. The summed E-state index contributed by atoms with van der Waals surface area (Å²) in [7, 11) is 0. The van der Waals surface area contributed by atoms with E-state index in [4.69, 9.17) is 4.42 Å². The molecular weight excluding hydrogens is 631 g/mol. The quantitative estimate of drug-likeness (QED) is 0.176. The molecular formula is C50H33NO. The summed E-state index contributed by atoms with van der Waals surface area (Å²) in [4.78, 5) is 2.38. The van der Waals surface area contributed by atoms with Gasteiger partial charge in [0.25, 0.3) is 0 Å². The number of benzene rings is 9. The van der Waals surface area contributed by atoms with E-state index in [-0.39, 0.29) is 0 Å². The highest BCUT2D eigenvalue weighted by atomic mass is 16.3. The highest BCUT2D eigenvalue weighted by Gasteiger charge is 2.23. The predicted molar refractivity (Wildman–Crippen MR) is 220 cm³/mol. The van der Waals surface area contributed by atoms with Gasteiger partial charge in [0, 0.05) is 22.0 Å². The van der Waals surface area contributed by atoms with Gasteiger partial charge in [0.2, 0.25) is 0 Å². The molecule has 9 aromatic carbocycles. The van der Waals surface area contributed by atoms with E-state index < -0.39 is 0 Å². The van der Waals surface area contributed by atoms with Crippen LogP contribution in [0, 0.1) is 0 Å². The summed E-state index contributed by atoms with van der Waals surface area (Å²) in [5.74, 6) is 0. The maximum absolute atomic E-state index is 6.86. The van der Waals surface area contributed by atoms with E-state index in [0.29, 0.717) is 0 Å². The van der Waals surface area contributed by atoms with Crippen LogP contribution in [0.4, 0.5) is 17.1 Å². The Hall–Kier alpha value is -6.90. The minimum absolute atomic E-state index is 0.860. The Bertz CT molecular complexity index is 2880. The van der Waals surface area contributed by atoms with Gasteiger partial charge in [-0.05, 0) is 79.7 Å². The molecule has 1 heterocycles. The van der Waals surface area contributed by atoms with Crippen LogP contribution in [-0.4, -0.2) is 0 Å². The number of furan rings is 1. The number of rotatable bonds is 6. The molecule has 0 aliphatic rings. The van der Waals surface area contributed by atoms with Gasteiger partial charge in [0.15, 0.2) is 5.58 Å². The molecule has 52 heavy (non-hydrogen) atoms. The fraction of sp³-hybridized carbons (Fsp3) is 0. The molecule has 0 fully saturated rings. The lowest BCUT2D eigenvalue weighted by Gasteiger charge is -2.28. The lowest BCUT2D eigenvalue weighted by atomic mass is 9.90. The van der Waals surface area contributed by atoms with Gasteiger partial charge < -0.3 is 9.32 Å². The molecule has 0 saturated carbocycles. The molecule has 0 bridgehead atoms. The summed E-state index contributed by atoms with van der Waals surface area (Å²) in [6.07, 6.45) is 0. The molecule has 2 heteroatoms. The van der Waals surface area contributed by atoms with Gasteiger partial charge in [-0.15, -0.1) is 0 Å². The van der Waals surface area contributed by atoms with Crippen LogP contribution in [0.3, 0.4) is 0 Å². The van der Waals surface area contributed by atoms with E-state index in [9.17, 15) is 0 Å². The molecule has 0 unspecified atom stereocenters. The fourth-order valence-corrected chi connectivity index (χ4v) is 7.89. The average molecular weight is 664 g/mol. The van der Waals surface area contributed by atoms with Crippen molar-refractivity contribution < 1.29 is 4.42 Å².